The molecule has 8 rings (SSSR count). The summed E-state index contributed by atoms with van der Waals surface area (Å²) in [7, 11) is 0. The standard InChI is InChI=1S/C58H52N4/c1-5-19-50(60(51-23-9-6-10-24-51)56-29-15-20-45(2)42-56)32-18-41-59(48-33-37-54(38-34-48)61(52-25-11-7-12-26-52)57-30-16-21-46(3)43-57)49-35-39-55(40-36-49)62(53-27-13-8-14-28-53)58-31-17-22-47(4)44-58/h5-40,42-44H,1,41H2,2-4H3/b32-18-,50-19+. The average Bonchev–Trinajstić information content (AvgIpc) is 3.30. The van der Waals surface area contributed by atoms with E-state index in [-0.39, 0.29) is 0 Å². The molecule has 0 amide bonds. The zero-order valence-electron chi connectivity index (χ0n) is 35.7. The molecule has 62 heavy (non-hydrogen) atoms. The third kappa shape index (κ3) is 9.62. The number of nitrogens with zero attached hydrogens (tertiary/aromatic N) is 4. The summed E-state index contributed by atoms with van der Waals surface area (Å²) in [6.45, 7) is 11.1. The van der Waals surface area contributed by atoms with Gasteiger partial charge in [-0.3, -0.25) is 0 Å². The van der Waals surface area contributed by atoms with E-state index in [0.29, 0.717) is 6.54 Å². The van der Waals surface area contributed by atoms with Gasteiger partial charge in [0.25, 0.3) is 0 Å². The molecular formula is C58H52N4. The fraction of sp³-hybridized carbons (Fsp3) is 0.0690. The van der Waals surface area contributed by atoms with Gasteiger partial charge >= 0.3 is 0 Å². The van der Waals surface area contributed by atoms with Crippen LogP contribution in [0.15, 0.2) is 249 Å². The van der Waals surface area contributed by atoms with E-state index >= 15 is 0 Å². The van der Waals surface area contributed by atoms with Gasteiger partial charge in [0.1, 0.15) is 0 Å². The Bertz CT molecular complexity index is 2620. The largest absolute Gasteiger partial charge is 0.338 e. The summed E-state index contributed by atoms with van der Waals surface area (Å²) < 4.78 is 0. The zero-order valence-corrected chi connectivity index (χ0v) is 35.7. The third-order valence-electron chi connectivity index (χ3n) is 10.8. The molecule has 0 saturated carbocycles. The number of hydrogen-bond donors (Lipinski definition) is 0. The van der Waals surface area contributed by atoms with Gasteiger partial charge in [-0.15, -0.1) is 0 Å². The summed E-state index contributed by atoms with van der Waals surface area (Å²) in [5.41, 5.74) is 15.6. The van der Waals surface area contributed by atoms with E-state index in [1.807, 2.05) is 6.08 Å². The normalized spacial score (nSPS) is 11.3. The highest BCUT2D eigenvalue weighted by atomic mass is 15.2. The van der Waals surface area contributed by atoms with E-state index in [0.717, 1.165) is 62.6 Å². The molecule has 0 N–H and O–H groups in total. The van der Waals surface area contributed by atoms with Crippen LogP contribution in [-0.2, 0) is 0 Å². The lowest BCUT2D eigenvalue weighted by atomic mass is 10.1. The molecule has 0 aliphatic heterocycles. The van der Waals surface area contributed by atoms with Crippen LogP contribution in [0.25, 0.3) is 0 Å². The Hall–Kier alpha value is -7.82. The van der Waals surface area contributed by atoms with Crippen LogP contribution >= 0.6 is 0 Å². The predicted octanol–water partition coefficient (Wildman–Crippen LogP) is 16.2. The van der Waals surface area contributed by atoms with Gasteiger partial charge in [0, 0.05) is 69.1 Å². The monoisotopic (exact) mass is 804 g/mol. The molecule has 304 valence electrons. The molecule has 0 radical (unpaired) electrons. The summed E-state index contributed by atoms with van der Waals surface area (Å²) in [4.78, 5) is 9.28. The highest BCUT2D eigenvalue weighted by molar-refractivity contribution is 5.81. The quantitative estimate of drug-likeness (QED) is 0.0957. The molecule has 8 aromatic carbocycles. The first-order valence-electron chi connectivity index (χ1n) is 21.2. The van der Waals surface area contributed by atoms with Crippen molar-refractivity contribution >= 4 is 56.9 Å². The first-order chi connectivity index (χ1) is 30.4. The first kappa shape index (κ1) is 40.9. The maximum atomic E-state index is 4.11. The summed E-state index contributed by atoms with van der Waals surface area (Å²) in [6, 6.07) is 75.4. The van der Waals surface area contributed by atoms with Crippen molar-refractivity contribution in [1.82, 2.24) is 0 Å². The molecule has 0 atom stereocenters. The van der Waals surface area contributed by atoms with E-state index in [2.05, 4.69) is 278 Å². The Morgan fingerprint density at radius 3 is 1.16 bits per heavy atom. The summed E-state index contributed by atoms with van der Waals surface area (Å²) >= 11 is 0. The Kier molecular flexibility index (Phi) is 12.9. The third-order valence-corrected chi connectivity index (χ3v) is 10.8. The molecule has 0 bridgehead atoms. The molecule has 0 aliphatic rings. The van der Waals surface area contributed by atoms with Gasteiger partial charge in [-0.2, -0.15) is 0 Å². The van der Waals surface area contributed by atoms with E-state index in [4.69, 9.17) is 0 Å². The average molecular weight is 805 g/mol. The number of allylic oxidation sites excluding steroid dienone is 3. The molecule has 4 nitrogen and oxygen atoms in total. The molecule has 8 aromatic rings. The van der Waals surface area contributed by atoms with Gasteiger partial charge in [0.05, 0.1) is 0 Å². The van der Waals surface area contributed by atoms with Crippen molar-refractivity contribution in [3.8, 4) is 0 Å². The van der Waals surface area contributed by atoms with Crippen molar-refractivity contribution < 1.29 is 0 Å². The molecular weight excluding hydrogens is 753 g/mol. The molecule has 0 unspecified atom stereocenters. The molecule has 0 aromatic heterocycles. The topological polar surface area (TPSA) is 13.0 Å². The highest BCUT2D eigenvalue weighted by Gasteiger charge is 2.18. The van der Waals surface area contributed by atoms with Crippen LogP contribution in [0.4, 0.5) is 56.9 Å². The smallest absolute Gasteiger partial charge is 0.0464 e. The van der Waals surface area contributed by atoms with E-state index in [1.54, 1.807) is 0 Å². The SMILES string of the molecule is C=C/C=C(\C=C/CN(c1ccc(N(c2ccccc2)c2cccc(C)c2)cc1)c1ccc(N(c2ccccc2)c2cccc(C)c2)cc1)N(c1ccccc1)c1cccc(C)c1. The number of hydrogen-bond acceptors (Lipinski definition) is 4. The summed E-state index contributed by atoms with van der Waals surface area (Å²) in [5.74, 6) is 0. The van der Waals surface area contributed by atoms with Gasteiger partial charge in [-0.1, -0.05) is 110 Å². The lowest BCUT2D eigenvalue weighted by Gasteiger charge is -2.29. The van der Waals surface area contributed by atoms with Crippen LogP contribution in [0, 0.1) is 20.8 Å². The molecule has 0 spiro atoms. The number of para-hydroxylation sites is 3. The fourth-order valence-corrected chi connectivity index (χ4v) is 7.90. The zero-order chi connectivity index (χ0) is 42.7. The van der Waals surface area contributed by atoms with Crippen molar-refractivity contribution in [2.75, 3.05) is 26.1 Å². The minimum Gasteiger partial charge on any atom is -0.338 e. The maximum absolute atomic E-state index is 4.11. The van der Waals surface area contributed by atoms with E-state index in [9.17, 15) is 0 Å². The van der Waals surface area contributed by atoms with Gasteiger partial charge in [0.15, 0.2) is 0 Å². The number of rotatable bonds is 15. The first-order valence-corrected chi connectivity index (χ1v) is 21.2. The maximum Gasteiger partial charge on any atom is 0.0464 e. The van der Waals surface area contributed by atoms with Crippen LogP contribution < -0.4 is 19.6 Å². The second-order valence-corrected chi connectivity index (χ2v) is 15.4. The second kappa shape index (κ2) is 19.5. The van der Waals surface area contributed by atoms with Crippen molar-refractivity contribution in [3.05, 3.63) is 266 Å². The summed E-state index contributed by atoms with van der Waals surface area (Å²) in [6.07, 6.45) is 8.39. The highest BCUT2D eigenvalue weighted by Crippen LogP contribution is 2.39. The number of benzene rings is 8. The second-order valence-electron chi connectivity index (χ2n) is 15.4. The Labute approximate surface area is 367 Å². The van der Waals surface area contributed by atoms with Gasteiger partial charge in [-0.05, 0) is 171 Å². The predicted molar refractivity (Wildman–Crippen MR) is 266 cm³/mol. The van der Waals surface area contributed by atoms with E-state index in [1.165, 1.54) is 16.7 Å². The van der Waals surface area contributed by atoms with Crippen molar-refractivity contribution in [1.29, 1.82) is 0 Å². The van der Waals surface area contributed by atoms with Gasteiger partial charge in [-0.25, -0.2) is 0 Å². The minimum atomic E-state index is 0.615. The van der Waals surface area contributed by atoms with Crippen molar-refractivity contribution in [2.45, 2.75) is 20.8 Å². The van der Waals surface area contributed by atoms with Crippen LogP contribution in [0.2, 0.25) is 0 Å². The van der Waals surface area contributed by atoms with Gasteiger partial charge in [0.2, 0.25) is 0 Å². The molecule has 0 saturated heterocycles. The van der Waals surface area contributed by atoms with Crippen molar-refractivity contribution in [3.63, 3.8) is 0 Å². The Balaban J connectivity index is 1.18. The van der Waals surface area contributed by atoms with Crippen molar-refractivity contribution in [2.24, 2.45) is 0 Å². The fourth-order valence-electron chi connectivity index (χ4n) is 7.90. The Morgan fingerprint density at radius 2 is 0.742 bits per heavy atom. The molecule has 4 heteroatoms. The minimum absolute atomic E-state index is 0.615. The van der Waals surface area contributed by atoms with Crippen LogP contribution in [0.5, 0.6) is 0 Å². The lowest BCUT2D eigenvalue weighted by Crippen LogP contribution is -2.19. The Morgan fingerprint density at radius 1 is 0.387 bits per heavy atom. The molecule has 0 heterocycles. The lowest BCUT2D eigenvalue weighted by molar-refractivity contribution is 1.09. The van der Waals surface area contributed by atoms with Gasteiger partial charge < -0.3 is 19.6 Å². The van der Waals surface area contributed by atoms with Crippen LogP contribution in [0.3, 0.4) is 0 Å². The van der Waals surface area contributed by atoms with Crippen LogP contribution in [-0.4, -0.2) is 6.54 Å². The van der Waals surface area contributed by atoms with E-state index < -0.39 is 0 Å². The molecule has 0 fully saturated rings. The summed E-state index contributed by atoms with van der Waals surface area (Å²) in [5, 5.41) is 0. The van der Waals surface area contributed by atoms with Crippen LogP contribution in [0.1, 0.15) is 16.7 Å². The number of anilines is 10. The number of aryl methyl sites for hydroxylation is 3. The molecule has 0 aliphatic carbocycles.